The van der Waals surface area contributed by atoms with Crippen LogP contribution in [0.3, 0.4) is 0 Å². The van der Waals surface area contributed by atoms with Gasteiger partial charge in [0, 0.05) is 11.6 Å². The van der Waals surface area contributed by atoms with E-state index in [2.05, 4.69) is 12.2 Å². The lowest BCUT2D eigenvalue weighted by atomic mass is 9.99. The van der Waals surface area contributed by atoms with Crippen molar-refractivity contribution >= 4 is 11.6 Å². The van der Waals surface area contributed by atoms with Gasteiger partial charge in [-0.15, -0.1) is 0 Å². The van der Waals surface area contributed by atoms with Crippen LogP contribution in [0.5, 0.6) is 0 Å². The summed E-state index contributed by atoms with van der Waals surface area (Å²) in [5, 5.41) is 2.94. The molecule has 0 fully saturated rings. The van der Waals surface area contributed by atoms with E-state index in [1.54, 1.807) is 0 Å². The van der Waals surface area contributed by atoms with Crippen LogP contribution in [-0.2, 0) is 4.79 Å². The predicted octanol–water partition coefficient (Wildman–Crippen LogP) is 2.70. The van der Waals surface area contributed by atoms with Gasteiger partial charge in [-0.2, -0.15) is 0 Å². The fourth-order valence-corrected chi connectivity index (χ4v) is 1.84. The Morgan fingerprint density at radius 2 is 1.94 bits per heavy atom. The standard InChI is InChI=1S/C14H22N2O/c1-3-4-12(9-10-15)14(17)16-13-7-5-11(2)6-8-13/h5-8,12H,3-4,9-10,15H2,1-2H3,(H,16,17). The Labute approximate surface area is 103 Å². The number of nitrogens with two attached hydrogens (primary N) is 1. The van der Waals surface area contributed by atoms with E-state index in [9.17, 15) is 4.79 Å². The molecule has 0 aliphatic rings. The number of amides is 1. The number of carbonyl (C=O) groups excluding carboxylic acids is 1. The summed E-state index contributed by atoms with van der Waals surface area (Å²) >= 11 is 0. The summed E-state index contributed by atoms with van der Waals surface area (Å²) in [7, 11) is 0. The third kappa shape index (κ3) is 4.57. The van der Waals surface area contributed by atoms with Gasteiger partial charge in [0.15, 0.2) is 0 Å². The van der Waals surface area contributed by atoms with Crippen LogP contribution in [0.2, 0.25) is 0 Å². The summed E-state index contributed by atoms with van der Waals surface area (Å²) in [6.45, 7) is 4.68. The topological polar surface area (TPSA) is 55.1 Å². The van der Waals surface area contributed by atoms with E-state index in [-0.39, 0.29) is 11.8 Å². The second kappa shape index (κ2) is 7.07. The molecule has 0 bridgehead atoms. The zero-order valence-electron chi connectivity index (χ0n) is 10.7. The van der Waals surface area contributed by atoms with Gasteiger partial charge in [-0.3, -0.25) is 4.79 Å². The summed E-state index contributed by atoms with van der Waals surface area (Å²) in [5.74, 6) is 0.118. The molecule has 1 aromatic rings. The SMILES string of the molecule is CCCC(CCN)C(=O)Nc1ccc(C)cc1. The molecule has 1 atom stereocenters. The number of hydrogen-bond donors (Lipinski definition) is 2. The maximum atomic E-state index is 12.0. The minimum atomic E-state index is 0.0336. The van der Waals surface area contributed by atoms with E-state index >= 15 is 0 Å². The average Bonchev–Trinajstić information content (AvgIpc) is 2.32. The molecule has 3 N–H and O–H groups in total. The van der Waals surface area contributed by atoms with E-state index in [4.69, 9.17) is 5.73 Å². The highest BCUT2D eigenvalue weighted by Gasteiger charge is 2.16. The molecule has 0 saturated carbocycles. The molecule has 0 heterocycles. The van der Waals surface area contributed by atoms with Gasteiger partial charge in [-0.05, 0) is 38.4 Å². The van der Waals surface area contributed by atoms with Crippen molar-refractivity contribution < 1.29 is 4.79 Å². The summed E-state index contributed by atoms with van der Waals surface area (Å²) in [6, 6.07) is 7.85. The lowest BCUT2D eigenvalue weighted by Gasteiger charge is -2.15. The van der Waals surface area contributed by atoms with Crippen LogP contribution >= 0.6 is 0 Å². The highest BCUT2D eigenvalue weighted by molar-refractivity contribution is 5.92. The smallest absolute Gasteiger partial charge is 0.227 e. The maximum absolute atomic E-state index is 12.0. The van der Waals surface area contributed by atoms with Crippen molar-refractivity contribution in [2.45, 2.75) is 33.1 Å². The number of rotatable bonds is 6. The molecule has 0 spiro atoms. The molecule has 1 unspecified atom stereocenters. The monoisotopic (exact) mass is 234 g/mol. The third-order valence-electron chi connectivity index (χ3n) is 2.84. The molecule has 0 saturated heterocycles. The number of benzene rings is 1. The minimum absolute atomic E-state index is 0.0336. The first-order chi connectivity index (χ1) is 8.17. The summed E-state index contributed by atoms with van der Waals surface area (Å²) in [6.07, 6.45) is 2.66. The molecule has 1 rings (SSSR count). The van der Waals surface area contributed by atoms with Crippen LogP contribution in [-0.4, -0.2) is 12.5 Å². The van der Waals surface area contributed by atoms with Crippen molar-refractivity contribution in [3.8, 4) is 0 Å². The maximum Gasteiger partial charge on any atom is 0.227 e. The summed E-state index contributed by atoms with van der Waals surface area (Å²) in [5.41, 5.74) is 7.58. The van der Waals surface area contributed by atoms with E-state index in [0.717, 1.165) is 24.9 Å². The Morgan fingerprint density at radius 3 is 2.47 bits per heavy atom. The molecule has 3 heteroatoms. The van der Waals surface area contributed by atoms with Gasteiger partial charge in [-0.1, -0.05) is 31.0 Å². The van der Waals surface area contributed by atoms with Gasteiger partial charge in [0.05, 0.1) is 0 Å². The Hall–Kier alpha value is -1.35. The Morgan fingerprint density at radius 1 is 1.29 bits per heavy atom. The molecule has 1 aromatic carbocycles. The van der Waals surface area contributed by atoms with Crippen LogP contribution in [0.1, 0.15) is 31.7 Å². The molecule has 0 aliphatic heterocycles. The van der Waals surface area contributed by atoms with E-state index in [1.807, 2.05) is 31.2 Å². The highest BCUT2D eigenvalue weighted by atomic mass is 16.1. The largest absolute Gasteiger partial charge is 0.330 e. The van der Waals surface area contributed by atoms with Gasteiger partial charge in [0.25, 0.3) is 0 Å². The van der Waals surface area contributed by atoms with E-state index < -0.39 is 0 Å². The van der Waals surface area contributed by atoms with Crippen molar-refractivity contribution in [1.29, 1.82) is 0 Å². The molecule has 1 amide bonds. The normalized spacial score (nSPS) is 12.2. The Bertz CT molecular complexity index is 340. The summed E-state index contributed by atoms with van der Waals surface area (Å²) in [4.78, 5) is 12.0. The fourth-order valence-electron chi connectivity index (χ4n) is 1.84. The number of hydrogen-bond acceptors (Lipinski definition) is 2. The molecule has 3 nitrogen and oxygen atoms in total. The minimum Gasteiger partial charge on any atom is -0.330 e. The third-order valence-corrected chi connectivity index (χ3v) is 2.84. The van der Waals surface area contributed by atoms with Crippen molar-refractivity contribution in [1.82, 2.24) is 0 Å². The van der Waals surface area contributed by atoms with Crippen molar-refractivity contribution in [2.24, 2.45) is 11.7 Å². The van der Waals surface area contributed by atoms with Crippen molar-refractivity contribution in [3.05, 3.63) is 29.8 Å². The van der Waals surface area contributed by atoms with Gasteiger partial charge in [-0.25, -0.2) is 0 Å². The van der Waals surface area contributed by atoms with Crippen LogP contribution in [0.25, 0.3) is 0 Å². The van der Waals surface area contributed by atoms with Crippen LogP contribution in [0.15, 0.2) is 24.3 Å². The molecule has 0 aliphatic carbocycles. The molecular formula is C14H22N2O. The van der Waals surface area contributed by atoms with Crippen molar-refractivity contribution in [3.63, 3.8) is 0 Å². The first-order valence-corrected chi connectivity index (χ1v) is 6.25. The first-order valence-electron chi connectivity index (χ1n) is 6.25. The average molecular weight is 234 g/mol. The highest BCUT2D eigenvalue weighted by Crippen LogP contribution is 2.15. The van der Waals surface area contributed by atoms with Gasteiger partial charge >= 0.3 is 0 Å². The summed E-state index contributed by atoms with van der Waals surface area (Å²) < 4.78 is 0. The van der Waals surface area contributed by atoms with E-state index in [1.165, 1.54) is 5.56 Å². The number of anilines is 1. The Kier molecular flexibility index (Phi) is 5.70. The number of nitrogens with one attached hydrogen (secondary N) is 1. The van der Waals surface area contributed by atoms with Crippen LogP contribution in [0, 0.1) is 12.8 Å². The van der Waals surface area contributed by atoms with Gasteiger partial charge < -0.3 is 11.1 Å². The number of carbonyl (C=O) groups is 1. The molecule has 0 aromatic heterocycles. The molecular weight excluding hydrogens is 212 g/mol. The fraction of sp³-hybridized carbons (Fsp3) is 0.500. The van der Waals surface area contributed by atoms with E-state index in [0.29, 0.717) is 6.54 Å². The zero-order chi connectivity index (χ0) is 12.7. The Balaban J connectivity index is 2.59. The molecule has 17 heavy (non-hydrogen) atoms. The quantitative estimate of drug-likeness (QED) is 0.795. The van der Waals surface area contributed by atoms with Crippen LogP contribution < -0.4 is 11.1 Å². The second-order valence-corrected chi connectivity index (χ2v) is 4.42. The van der Waals surface area contributed by atoms with Gasteiger partial charge in [0.1, 0.15) is 0 Å². The lowest BCUT2D eigenvalue weighted by molar-refractivity contribution is -0.120. The van der Waals surface area contributed by atoms with Crippen LogP contribution in [0.4, 0.5) is 5.69 Å². The van der Waals surface area contributed by atoms with Crippen molar-refractivity contribution in [2.75, 3.05) is 11.9 Å². The molecule has 94 valence electrons. The molecule has 0 radical (unpaired) electrons. The number of aryl methyl sites for hydroxylation is 1. The first kappa shape index (κ1) is 13.7. The van der Waals surface area contributed by atoms with Gasteiger partial charge in [0.2, 0.25) is 5.91 Å². The predicted molar refractivity (Wildman–Crippen MR) is 71.9 cm³/mol. The second-order valence-electron chi connectivity index (χ2n) is 4.42. The lowest BCUT2D eigenvalue weighted by Crippen LogP contribution is -2.25. The zero-order valence-corrected chi connectivity index (χ0v) is 10.7.